The molecule has 0 aromatic heterocycles. The van der Waals surface area contributed by atoms with Crippen LogP contribution in [0.1, 0.15) is 28.4 Å². The molecule has 0 saturated heterocycles. The molecule has 0 aliphatic carbocycles. The summed E-state index contributed by atoms with van der Waals surface area (Å²) in [6.45, 7) is 2.05. The van der Waals surface area contributed by atoms with E-state index in [1.807, 2.05) is 19.1 Å². The SMILES string of the molecule is CCc1ccc(C(=O)c2ccc(F)cc2Cl)cc1. The fourth-order valence-corrected chi connectivity index (χ4v) is 1.97. The maximum Gasteiger partial charge on any atom is 0.194 e. The Bertz CT molecular complexity index is 576. The van der Waals surface area contributed by atoms with Crippen LogP contribution in [0.3, 0.4) is 0 Å². The average Bonchev–Trinajstić information content (AvgIpc) is 2.38. The minimum Gasteiger partial charge on any atom is -0.289 e. The molecule has 0 atom stereocenters. The molecule has 3 heteroatoms. The van der Waals surface area contributed by atoms with Crippen molar-refractivity contribution in [2.45, 2.75) is 13.3 Å². The second-order valence-corrected chi connectivity index (χ2v) is 4.41. The number of ketones is 1. The molecule has 0 radical (unpaired) electrons. The van der Waals surface area contributed by atoms with Gasteiger partial charge >= 0.3 is 0 Å². The molecular formula is C15H12ClFO. The van der Waals surface area contributed by atoms with E-state index in [2.05, 4.69) is 0 Å². The number of hydrogen-bond donors (Lipinski definition) is 0. The lowest BCUT2D eigenvalue weighted by Crippen LogP contribution is -2.02. The van der Waals surface area contributed by atoms with Crippen molar-refractivity contribution in [2.75, 3.05) is 0 Å². The first-order valence-corrected chi connectivity index (χ1v) is 6.08. The van der Waals surface area contributed by atoms with Crippen molar-refractivity contribution in [3.05, 3.63) is 70.0 Å². The molecule has 2 rings (SSSR count). The molecule has 2 aromatic rings. The summed E-state index contributed by atoms with van der Waals surface area (Å²) in [6.07, 6.45) is 0.922. The Labute approximate surface area is 110 Å². The van der Waals surface area contributed by atoms with Gasteiger partial charge in [0.15, 0.2) is 5.78 Å². The quantitative estimate of drug-likeness (QED) is 0.755. The Morgan fingerprint density at radius 3 is 2.39 bits per heavy atom. The van der Waals surface area contributed by atoms with E-state index in [0.717, 1.165) is 18.1 Å². The van der Waals surface area contributed by atoms with Crippen molar-refractivity contribution in [1.82, 2.24) is 0 Å². The Hall–Kier alpha value is -1.67. The standard InChI is InChI=1S/C15H12ClFO/c1-2-10-3-5-11(6-4-10)15(18)13-8-7-12(17)9-14(13)16/h3-9H,2H2,1H3. The molecule has 0 spiro atoms. The van der Waals surface area contributed by atoms with E-state index >= 15 is 0 Å². The molecule has 0 saturated carbocycles. The summed E-state index contributed by atoms with van der Waals surface area (Å²) in [5.41, 5.74) is 2.04. The predicted octanol–water partition coefficient (Wildman–Crippen LogP) is 4.27. The normalized spacial score (nSPS) is 10.4. The van der Waals surface area contributed by atoms with E-state index in [0.29, 0.717) is 11.1 Å². The number of aryl methyl sites for hydroxylation is 1. The van der Waals surface area contributed by atoms with Gasteiger partial charge in [0.25, 0.3) is 0 Å². The van der Waals surface area contributed by atoms with Gasteiger partial charge < -0.3 is 0 Å². The van der Waals surface area contributed by atoms with Crippen molar-refractivity contribution in [3.63, 3.8) is 0 Å². The molecule has 0 heterocycles. The highest BCUT2D eigenvalue weighted by atomic mass is 35.5. The van der Waals surface area contributed by atoms with Crippen molar-refractivity contribution in [3.8, 4) is 0 Å². The zero-order valence-electron chi connectivity index (χ0n) is 9.91. The van der Waals surface area contributed by atoms with Crippen LogP contribution in [0, 0.1) is 5.82 Å². The largest absolute Gasteiger partial charge is 0.289 e. The van der Waals surface area contributed by atoms with Gasteiger partial charge in [0.2, 0.25) is 0 Å². The van der Waals surface area contributed by atoms with Gasteiger partial charge in [-0.2, -0.15) is 0 Å². The molecule has 18 heavy (non-hydrogen) atoms. The minimum atomic E-state index is -0.446. The van der Waals surface area contributed by atoms with Crippen LogP contribution >= 0.6 is 11.6 Å². The van der Waals surface area contributed by atoms with Crippen molar-refractivity contribution in [2.24, 2.45) is 0 Å². The van der Waals surface area contributed by atoms with E-state index in [-0.39, 0.29) is 10.8 Å². The van der Waals surface area contributed by atoms with Crippen LogP contribution in [0.2, 0.25) is 5.02 Å². The van der Waals surface area contributed by atoms with Gasteiger partial charge in [0.05, 0.1) is 5.02 Å². The van der Waals surface area contributed by atoms with E-state index in [9.17, 15) is 9.18 Å². The lowest BCUT2D eigenvalue weighted by Gasteiger charge is -2.04. The summed E-state index contributed by atoms with van der Waals surface area (Å²) in [4.78, 5) is 12.2. The van der Waals surface area contributed by atoms with Crippen LogP contribution in [-0.2, 0) is 6.42 Å². The molecule has 0 N–H and O–H groups in total. The summed E-state index contributed by atoms with van der Waals surface area (Å²) in [6, 6.07) is 11.1. The highest BCUT2D eigenvalue weighted by molar-refractivity contribution is 6.35. The highest BCUT2D eigenvalue weighted by Gasteiger charge is 2.13. The third-order valence-electron chi connectivity index (χ3n) is 2.80. The third kappa shape index (κ3) is 2.59. The second-order valence-electron chi connectivity index (χ2n) is 4.00. The Balaban J connectivity index is 2.35. The topological polar surface area (TPSA) is 17.1 Å². The third-order valence-corrected chi connectivity index (χ3v) is 3.11. The smallest absolute Gasteiger partial charge is 0.194 e. The Morgan fingerprint density at radius 2 is 1.83 bits per heavy atom. The summed E-state index contributed by atoms with van der Waals surface area (Å²) >= 11 is 5.87. The molecule has 0 unspecified atom stereocenters. The van der Waals surface area contributed by atoms with Crippen molar-refractivity contribution in [1.29, 1.82) is 0 Å². The average molecular weight is 263 g/mol. The Kier molecular flexibility index (Phi) is 3.78. The van der Waals surface area contributed by atoms with Gasteiger partial charge in [-0.15, -0.1) is 0 Å². The second kappa shape index (κ2) is 5.32. The number of carbonyl (C=O) groups excluding carboxylic acids is 1. The van der Waals surface area contributed by atoms with E-state index in [1.165, 1.54) is 12.1 Å². The van der Waals surface area contributed by atoms with Crippen LogP contribution in [0.5, 0.6) is 0 Å². The molecule has 92 valence electrons. The van der Waals surface area contributed by atoms with Gasteiger partial charge in [-0.25, -0.2) is 4.39 Å². The van der Waals surface area contributed by atoms with Gasteiger partial charge in [0.1, 0.15) is 5.82 Å². The summed E-state index contributed by atoms with van der Waals surface area (Å²) < 4.78 is 12.9. The summed E-state index contributed by atoms with van der Waals surface area (Å²) in [5, 5.41) is 0.138. The molecule has 0 aliphatic heterocycles. The lowest BCUT2D eigenvalue weighted by molar-refractivity contribution is 0.103. The van der Waals surface area contributed by atoms with Crippen LogP contribution in [-0.4, -0.2) is 5.78 Å². The lowest BCUT2D eigenvalue weighted by atomic mass is 10.0. The molecular weight excluding hydrogens is 251 g/mol. The molecule has 0 amide bonds. The first kappa shape index (κ1) is 12.8. The molecule has 0 aliphatic rings. The summed E-state index contributed by atoms with van der Waals surface area (Å²) in [7, 11) is 0. The van der Waals surface area contributed by atoms with Gasteiger partial charge in [-0.1, -0.05) is 42.8 Å². The van der Waals surface area contributed by atoms with Gasteiger partial charge in [-0.05, 0) is 30.2 Å². The Morgan fingerprint density at radius 1 is 1.17 bits per heavy atom. The van der Waals surface area contributed by atoms with Crippen LogP contribution in [0.4, 0.5) is 4.39 Å². The molecule has 1 nitrogen and oxygen atoms in total. The number of carbonyl (C=O) groups is 1. The summed E-state index contributed by atoms with van der Waals surface area (Å²) in [5.74, 6) is -0.638. The van der Waals surface area contributed by atoms with E-state index < -0.39 is 5.82 Å². The predicted molar refractivity (Wildman–Crippen MR) is 70.7 cm³/mol. The van der Waals surface area contributed by atoms with Gasteiger partial charge in [-0.3, -0.25) is 4.79 Å². The van der Waals surface area contributed by atoms with Crippen LogP contribution in [0.25, 0.3) is 0 Å². The molecule has 0 fully saturated rings. The zero-order chi connectivity index (χ0) is 13.1. The maximum absolute atomic E-state index is 12.9. The highest BCUT2D eigenvalue weighted by Crippen LogP contribution is 2.21. The fraction of sp³-hybridized carbons (Fsp3) is 0.133. The van der Waals surface area contributed by atoms with Gasteiger partial charge in [0, 0.05) is 11.1 Å². The molecule has 2 aromatic carbocycles. The molecule has 0 bridgehead atoms. The minimum absolute atomic E-state index is 0.138. The number of rotatable bonds is 3. The number of benzene rings is 2. The van der Waals surface area contributed by atoms with Crippen LogP contribution < -0.4 is 0 Å². The fourth-order valence-electron chi connectivity index (χ4n) is 1.72. The van der Waals surface area contributed by atoms with Crippen LogP contribution in [0.15, 0.2) is 42.5 Å². The first-order chi connectivity index (χ1) is 8.61. The number of hydrogen-bond acceptors (Lipinski definition) is 1. The number of halogens is 2. The monoisotopic (exact) mass is 262 g/mol. The van der Waals surface area contributed by atoms with E-state index in [4.69, 9.17) is 11.6 Å². The first-order valence-electron chi connectivity index (χ1n) is 5.70. The zero-order valence-corrected chi connectivity index (χ0v) is 10.7. The van der Waals surface area contributed by atoms with Crippen molar-refractivity contribution < 1.29 is 9.18 Å². The maximum atomic E-state index is 12.9. The van der Waals surface area contributed by atoms with E-state index in [1.54, 1.807) is 12.1 Å². The van der Waals surface area contributed by atoms with Crippen molar-refractivity contribution >= 4 is 17.4 Å².